The van der Waals surface area contributed by atoms with E-state index in [1.54, 1.807) is 12.1 Å². The second-order valence-electron chi connectivity index (χ2n) is 1.64. The molecule has 0 atom stereocenters. The van der Waals surface area contributed by atoms with Gasteiger partial charge >= 0.3 is 0 Å². The van der Waals surface area contributed by atoms with Crippen LogP contribution in [0.15, 0.2) is 36.4 Å². The van der Waals surface area contributed by atoms with Crippen LogP contribution in [0.5, 0.6) is 11.5 Å². The first-order valence-electron chi connectivity index (χ1n) is 2.90. The van der Waals surface area contributed by atoms with Crippen molar-refractivity contribution in [2.45, 2.75) is 0 Å². The van der Waals surface area contributed by atoms with E-state index in [1.165, 1.54) is 17.7 Å². The third-order valence-electron chi connectivity index (χ3n) is 0.882. The molecule has 0 spiro atoms. The standard InChI is InChI=1S/C6H6O2.C2H3Cl/c7-5-3-1-2-4-6(5)8;1-2-3/h1-4,7-8H;2H,1H2. The Labute approximate surface area is 70.4 Å². The van der Waals surface area contributed by atoms with Gasteiger partial charge in [-0.1, -0.05) is 30.3 Å². The van der Waals surface area contributed by atoms with Gasteiger partial charge < -0.3 is 10.2 Å². The fourth-order valence-electron chi connectivity index (χ4n) is 0.464. The van der Waals surface area contributed by atoms with Crippen LogP contribution in [0.4, 0.5) is 0 Å². The van der Waals surface area contributed by atoms with Crippen LogP contribution in [-0.2, 0) is 0 Å². The van der Waals surface area contributed by atoms with E-state index in [0.29, 0.717) is 0 Å². The summed E-state index contributed by atoms with van der Waals surface area (Å²) in [7, 11) is 0. The molecule has 0 aliphatic carbocycles. The highest BCUT2D eigenvalue weighted by Crippen LogP contribution is 2.21. The molecule has 2 nitrogen and oxygen atoms in total. The van der Waals surface area contributed by atoms with Crippen molar-refractivity contribution in [2.75, 3.05) is 0 Å². The lowest BCUT2D eigenvalue weighted by Crippen LogP contribution is -1.63. The molecule has 2 N–H and O–H groups in total. The minimum absolute atomic E-state index is 0.0764. The second-order valence-corrected chi connectivity index (χ2v) is 1.95. The van der Waals surface area contributed by atoms with Crippen LogP contribution in [0.2, 0.25) is 0 Å². The minimum Gasteiger partial charge on any atom is -0.504 e. The highest BCUT2D eigenvalue weighted by Gasteiger charge is 1.90. The lowest BCUT2D eigenvalue weighted by Gasteiger charge is -1.91. The van der Waals surface area contributed by atoms with Crippen LogP contribution in [0.25, 0.3) is 0 Å². The average Bonchev–Trinajstić information content (AvgIpc) is 1.97. The summed E-state index contributed by atoms with van der Waals surface area (Å²) in [4.78, 5) is 0. The molecule has 0 aliphatic rings. The SMILES string of the molecule is C=CCl.Oc1ccccc1O. The molecule has 0 radical (unpaired) electrons. The smallest absolute Gasteiger partial charge is 0.157 e. The quantitative estimate of drug-likeness (QED) is 0.591. The minimum atomic E-state index is -0.0764. The van der Waals surface area contributed by atoms with Crippen LogP contribution in [0.3, 0.4) is 0 Å². The summed E-state index contributed by atoms with van der Waals surface area (Å²) in [5, 5.41) is 17.3. The van der Waals surface area contributed by atoms with E-state index in [0.717, 1.165) is 0 Å². The van der Waals surface area contributed by atoms with Gasteiger partial charge in [0.1, 0.15) is 0 Å². The largest absolute Gasteiger partial charge is 0.504 e. The van der Waals surface area contributed by atoms with Gasteiger partial charge in [0.2, 0.25) is 0 Å². The van der Waals surface area contributed by atoms with Crippen molar-refractivity contribution >= 4 is 11.6 Å². The van der Waals surface area contributed by atoms with Crippen LogP contribution in [0.1, 0.15) is 0 Å². The number of benzene rings is 1. The maximum absolute atomic E-state index is 8.67. The Bertz CT molecular complexity index is 202. The molecule has 0 aliphatic heterocycles. The van der Waals surface area contributed by atoms with Gasteiger partial charge in [0.05, 0.1) is 0 Å². The number of halogens is 1. The Hall–Kier alpha value is -1.15. The molecule has 1 aromatic carbocycles. The van der Waals surface area contributed by atoms with E-state index in [4.69, 9.17) is 21.8 Å². The summed E-state index contributed by atoms with van der Waals surface area (Å²) in [6, 6.07) is 6.15. The van der Waals surface area contributed by atoms with Gasteiger partial charge in [-0.3, -0.25) is 0 Å². The normalized spacial score (nSPS) is 7.73. The van der Waals surface area contributed by atoms with E-state index in [2.05, 4.69) is 6.58 Å². The maximum atomic E-state index is 8.67. The first-order valence-corrected chi connectivity index (χ1v) is 3.34. The van der Waals surface area contributed by atoms with Crippen molar-refractivity contribution < 1.29 is 10.2 Å². The zero-order chi connectivity index (χ0) is 8.69. The van der Waals surface area contributed by atoms with Gasteiger partial charge in [-0.15, -0.1) is 0 Å². The van der Waals surface area contributed by atoms with Crippen molar-refractivity contribution in [3.63, 3.8) is 0 Å². The van der Waals surface area contributed by atoms with E-state index in [9.17, 15) is 0 Å². The van der Waals surface area contributed by atoms with Gasteiger partial charge in [0.15, 0.2) is 11.5 Å². The molecule has 0 unspecified atom stereocenters. The van der Waals surface area contributed by atoms with Gasteiger partial charge in [0, 0.05) is 0 Å². The molecule has 3 heteroatoms. The molecule has 0 amide bonds. The zero-order valence-corrected chi connectivity index (χ0v) is 6.62. The number of para-hydroxylation sites is 2. The molecule has 0 aromatic heterocycles. The predicted molar refractivity (Wildman–Crippen MR) is 45.8 cm³/mol. The molecule has 1 aromatic rings. The highest BCUT2D eigenvalue weighted by molar-refractivity contribution is 6.25. The average molecular weight is 173 g/mol. The Kier molecular flexibility index (Phi) is 5.03. The molecule has 11 heavy (non-hydrogen) atoms. The molecule has 60 valence electrons. The zero-order valence-electron chi connectivity index (χ0n) is 5.87. The number of hydrogen-bond acceptors (Lipinski definition) is 2. The van der Waals surface area contributed by atoms with Crippen LogP contribution < -0.4 is 0 Å². The lowest BCUT2D eigenvalue weighted by atomic mass is 10.3. The Morgan fingerprint density at radius 1 is 1.18 bits per heavy atom. The van der Waals surface area contributed by atoms with Crippen LogP contribution in [0, 0.1) is 0 Å². The number of hydrogen-bond donors (Lipinski definition) is 2. The van der Waals surface area contributed by atoms with E-state index in [-0.39, 0.29) is 11.5 Å². The second kappa shape index (κ2) is 5.62. The molecule has 0 saturated carbocycles. The van der Waals surface area contributed by atoms with Gasteiger partial charge in [-0.2, -0.15) is 0 Å². The Balaban J connectivity index is 0.000000292. The number of rotatable bonds is 0. The molecule has 0 heterocycles. The summed E-state index contributed by atoms with van der Waals surface area (Å²) in [5.41, 5.74) is 1.22. The molecule has 0 saturated heterocycles. The van der Waals surface area contributed by atoms with E-state index < -0.39 is 0 Å². The summed E-state index contributed by atoms with van der Waals surface area (Å²) in [6.07, 6.45) is 0. The lowest BCUT2D eigenvalue weighted by molar-refractivity contribution is 0.404. The fraction of sp³-hybridized carbons (Fsp3) is 0. The van der Waals surface area contributed by atoms with E-state index >= 15 is 0 Å². The number of aromatic hydroxyl groups is 2. The van der Waals surface area contributed by atoms with Crippen molar-refractivity contribution in [2.24, 2.45) is 0 Å². The van der Waals surface area contributed by atoms with Crippen molar-refractivity contribution in [3.05, 3.63) is 36.4 Å². The van der Waals surface area contributed by atoms with Gasteiger partial charge in [0.25, 0.3) is 0 Å². The number of phenols is 2. The third kappa shape index (κ3) is 4.28. The summed E-state index contributed by atoms with van der Waals surface area (Å²) >= 11 is 4.76. The van der Waals surface area contributed by atoms with E-state index in [1.807, 2.05) is 0 Å². The van der Waals surface area contributed by atoms with Crippen LogP contribution in [-0.4, -0.2) is 10.2 Å². The van der Waals surface area contributed by atoms with Crippen molar-refractivity contribution in [1.82, 2.24) is 0 Å². The third-order valence-corrected chi connectivity index (χ3v) is 0.882. The van der Waals surface area contributed by atoms with Crippen molar-refractivity contribution in [3.8, 4) is 11.5 Å². The van der Waals surface area contributed by atoms with Gasteiger partial charge in [-0.05, 0) is 17.7 Å². The summed E-state index contributed by atoms with van der Waals surface area (Å²) < 4.78 is 0. The first-order chi connectivity index (χ1) is 5.22. The first kappa shape index (κ1) is 9.85. The fourth-order valence-corrected chi connectivity index (χ4v) is 0.464. The molecular weight excluding hydrogens is 164 g/mol. The maximum Gasteiger partial charge on any atom is 0.157 e. The van der Waals surface area contributed by atoms with Crippen molar-refractivity contribution in [1.29, 1.82) is 0 Å². The highest BCUT2D eigenvalue weighted by atomic mass is 35.5. The van der Waals surface area contributed by atoms with Gasteiger partial charge in [-0.25, -0.2) is 0 Å². The summed E-state index contributed by atoms with van der Waals surface area (Å²) in [5.74, 6) is -0.153. The monoisotopic (exact) mass is 172 g/mol. The molecule has 1 rings (SSSR count). The topological polar surface area (TPSA) is 40.5 Å². The Morgan fingerprint density at radius 3 is 1.64 bits per heavy atom. The molecule has 0 fully saturated rings. The predicted octanol–water partition coefficient (Wildman–Crippen LogP) is 2.47. The molecular formula is C8H9ClO2. The summed E-state index contributed by atoms with van der Waals surface area (Å²) in [6.45, 7) is 3.13. The van der Waals surface area contributed by atoms with Crippen LogP contribution >= 0.6 is 11.6 Å². The Morgan fingerprint density at radius 2 is 1.45 bits per heavy atom. The number of phenolic OH excluding ortho intramolecular Hbond substituents is 2. The molecule has 0 bridgehead atoms.